The van der Waals surface area contributed by atoms with Crippen molar-refractivity contribution in [1.82, 2.24) is 15.5 Å². The van der Waals surface area contributed by atoms with Gasteiger partial charge in [-0.2, -0.15) is 4.98 Å². The smallest absolute Gasteiger partial charge is 0.261 e. The van der Waals surface area contributed by atoms with Crippen molar-refractivity contribution in [3.05, 3.63) is 65.0 Å². The summed E-state index contributed by atoms with van der Waals surface area (Å²) in [6.07, 6.45) is 0.896. The van der Waals surface area contributed by atoms with E-state index in [-0.39, 0.29) is 12.5 Å². The van der Waals surface area contributed by atoms with E-state index in [9.17, 15) is 4.79 Å². The zero-order valence-corrected chi connectivity index (χ0v) is 16.6. The molecule has 0 fully saturated rings. The molecule has 1 heterocycles. The van der Waals surface area contributed by atoms with Crippen molar-refractivity contribution in [1.29, 1.82) is 0 Å². The molecule has 0 spiro atoms. The first kappa shape index (κ1) is 19.9. The number of hydrogen-bond donors (Lipinski definition) is 1. The van der Waals surface area contributed by atoms with Gasteiger partial charge in [0.05, 0.1) is 11.6 Å². The average Bonchev–Trinajstić information content (AvgIpc) is 3.19. The van der Waals surface area contributed by atoms with E-state index >= 15 is 0 Å². The second kappa shape index (κ2) is 9.37. The van der Waals surface area contributed by atoms with Crippen molar-refractivity contribution in [3.8, 4) is 17.1 Å². The Morgan fingerprint density at radius 3 is 2.61 bits per heavy atom. The number of amides is 1. The molecule has 3 aromatic rings. The Labute approximate surface area is 168 Å². The lowest BCUT2D eigenvalue weighted by Gasteiger charge is -2.17. The van der Waals surface area contributed by atoms with Crippen LogP contribution in [0, 0.1) is 0 Å². The number of rotatable bonds is 8. The van der Waals surface area contributed by atoms with Gasteiger partial charge in [-0.15, -0.1) is 0 Å². The number of ether oxygens (including phenoxy) is 1. The molecule has 7 heteroatoms. The van der Waals surface area contributed by atoms with Crippen LogP contribution >= 0.6 is 11.6 Å². The summed E-state index contributed by atoms with van der Waals surface area (Å²) < 4.78 is 11.0. The number of hydrogen-bond acceptors (Lipinski definition) is 5. The molecular formula is C21H22ClN3O3. The quantitative estimate of drug-likeness (QED) is 0.606. The summed E-state index contributed by atoms with van der Waals surface area (Å²) in [6, 6.07) is 15.0. The molecule has 2 aromatic carbocycles. The highest BCUT2D eigenvalue weighted by Gasteiger charge is 2.19. The van der Waals surface area contributed by atoms with E-state index in [2.05, 4.69) is 22.4 Å². The summed E-state index contributed by atoms with van der Waals surface area (Å²) in [4.78, 5) is 16.7. The molecule has 0 radical (unpaired) electrons. The Kier molecular flexibility index (Phi) is 6.66. The number of carbonyl (C=O) groups is 1. The van der Waals surface area contributed by atoms with Gasteiger partial charge in [-0.05, 0) is 42.7 Å². The molecule has 0 bridgehead atoms. The minimum Gasteiger partial charge on any atom is -0.481 e. The lowest BCUT2D eigenvalue weighted by atomic mass is 10.2. The molecule has 1 aromatic heterocycles. The highest BCUT2D eigenvalue weighted by atomic mass is 35.5. The maximum absolute atomic E-state index is 12.5. The summed E-state index contributed by atoms with van der Waals surface area (Å²) in [6.45, 7) is 4.10. The Balaban J connectivity index is 1.58. The fourth-order valence-electron chi connectivity index (χ4n) is 2.65. The maximum Gasteiger partial charge on any atom is 0.261 e. The van der Waals surface area contributed by atoms with Crippen molar-refractivity contribution in [2.24, 2.45) is 0 Å². The van der Waals surface area contributed by atoms with Gasteiger partial charge in [-0.3, -0.25) is 4.79 Å². The third-order valence-corrected chi connectivity index (χ3v) is 4.60. The largest absolute Gasteiger partial charge is 0.481 e. The van der Waals surface area contributed by atoms with E-state index in [0.717, 1.165) is 6.42 Å². The fraction of sp³-hybridized carbons (Fsp3) is 0.286. The average molecular weight is 400 g/mol. The van der Waals surface area contributed by atoms with Crippen LogP contribution in [0.1, 0.15) is 31.7 Å². The summed E-state index contributed by atoms with van der Waals surface area (Å²) in [7, 11) is 0. The standard InChI is InChI=1S/C21H22ClN3O3/c1-3-14-9-11-15(12-10-14)27-18(4-2)21(26)23-13-19-24-20(25-28-19)16-7-5-6-8-17(16)22/h5-12,18H,3-4,13H2,1-2H3,(H,23,26)/t18-/m0/s1. The molecule has 0 aliphatic rings. The third-order valence-electron chi connectivity index (χ3n) is 4.27. The normalized spacial score (nSPS) is 11.8. The van der Waals surface area contributed by atoms with Gasteiger partial charge in [0, 0.05) is 5.56 Å². The zero-order chi connectivity index (χ0) is 19.9. The molecule has 146 valence electrons. The van der Waals surface area contributed by atoms with Crippen LogP contribution in [0.4, 0.5) is 0 Å². The molecule has 0 unspecified atom stereocenters. The predicted octanol–water partition coefficient (Wildman–Crippen LogP) is 4.43. The summed E-state index contributed by atoms with van der Waals surface area (Å²) >= 11 is 6.14. The van der Waals surface area contributed by atoms with Gasteiger partial charge in [0.25, 0.3) is 5.91 Å². The van der Waals surface area contributed by atoms with E-state index < -0.39 is 6.10 Å². The predicted molar refractivity (Wildman–Crippen MR) is 107 cm³/mol. The monoisotopic (exact) mass is 399 g/mol. The number of benzene rings is 2. The summed E-state index contributed by atoms with van der Waals surface area (Å²) in [5.74, 6) is 1.11. The zero-order valence-electron chi connectivity index (χ0n) is 15.8. The Morgan fingerprint density at radius 2 is 1.93 bits per heavy atom. The van der Waals surface area contributed by atoms with Crippen LogP contribution < -0.4 is 10.1 Å². The maximum atomic E-state index is 12.5. The number of aromatic nitrogens is 2. The second-order valence-electron chi connectivity index (χ2n) is 6.22. The van der Waals surface area contributed by atoms with Crippen LogP contribution in [0.2, 0.25) is 5.02 Å². The van der Waals surface area contributed by atoms with Crippen LogP contribution in [0.25, 0.3) is 11.4 Å². The molecule has 3 rings (SSSR count). The topological polar surface area (TPSA) is 77.2 Å². The van der Waals surface area contributed by atoms with Crippen molar-refractivity contribution in [3.63, 3.8) is 0 Å². The van der Waals surface area contributed by atoms with Crippen LogP contribution in [-0.2, 0) is 17.8 Å². The van der Waals surface area contributed by atoms with E-state index in [1.807, 2.05) is 43.3 Å². The number of aryl methyl sites for hydroxylation is 1. The number of halogens is 1. The van der Waals surface area contributed by atoms with Crippen LogP contribution in [-0.4, -0.2) is 22.2 Å². The summed E-state index contributed by atoms with van der Waals surface area (Å²) in [5.41, 5.74) is 1.89. The first-order valence-corrected chi connectivity index (χ1v) is 9.59. The first-order valence-electron chi connectivity index (χ1n) is 9.21. The molecule has 0 aliphatic carbocycles. The van der Waals surface area contributed by atoms with Gasteiger partial charge in [0.1, 0.15) is 5.75 Å². The highest BCUT2D eigenvalue weighted by Crippen LogP contribution is 2.24. The molecule has 28 heavy (non-hydrogen) atoms. The van der Waals surface area contributed by atoms with E-state index in [0.29, 0.717) is 34.5 Å². The Hall–Kier alpha value is -2.86. The van der Waals surface area contributed by atoms with E-state index in [4.69, 9.17) is 20.9 Å². The number of carbonyl (C=O) groups excluding carboxylic acids is 1. The minimum absolute atomic E-state index is 0.116. The highest BCUT2D eigenvalue weighted by molar-refractivity contribution is 6.33. The number of nitrogens with zero attached hydrogens (tertiary/aromatic N) is 2. The molecule has 1 atom stereocenters. The van der Waals surface area contributed by atoms with Crippen LogP contribution in [0.5, 0.6) is 5.75 Å². The van der Waals surface area contributed by atoms with Crippen LogP contribution in [0.3, 0.4) is 0 Å². The van der Waals surface area contributed by atoms with Gasteiger partial charge in [0.15, 0.2) is 6.10 Å². The third kappa shape index (κ3) is 4.89. The SMILES string of the molecule is CCc1ccc(O[C@@H](CC)C(=O)NCc2nc(-c3ccccc3Cl)no2)cc1. The van der Waals surface area contributed by atoms with Crippen molar-refractivity contribution < 1.29 is 14.1 Å². The molecule has 6 nitrogen and oxygen atoms in total. The van der Waals surface area contributed by atoms with E-state index in [1.165, 1.54) is 5.56 Å². The van der Waals surface area contributed by atoms with Crippen LogP contribution in [0.15, 0.2) is 53.1 Å². The van der Waals surface area contributed by atoms with Gasteiger partial charge in [-0.25, -0.2) is 0 Å². The minimum atomic E-state index is -0.599. The summed E-state index contributed by atoms with van der Waals surface area (Å²) in [5, 5.41) is 7.23. The van der Waals surface area contributed by atoms with Crippen molar-refractivity contribution >= 4 is 17.5 Å². The lowest BCUT2D eigenvalue weighted by Crippen LogP contribution is -2.37. The van der Waals surface area contributed by atoms with Crippen molar-refractivity contribution in [2.75, 3.05) is 0 Å². The van der Waals surface area contributed by atoms with Gasteiger partial charge < -0.3 is 14.6 Å². The molecular weight excluding hydrogens is 378 g/mol. The molecule has 1 N–H and O–H groups in total. The molecule has 1 amide bonds. The van der Waals surface area contributed by atoms with E-state index in [1.54, 1.807) is 12.1 Å². The first-order chi connectivity index (χ1) is 13.6. The van der Waals surface area contributed by atoms with Gasteiger partial charge in [0.2, 0.25) is 11.7 Å². The molecule has 0 saturated heterocycles. The number of nitrogens with one attached hydrogen (secondary N) is 1. The van der Waals surface area contributed by atoms with Gasteiger partial charge in [-0.1, -0.05) is 54.9 Å². The van der Waals surface area contributed by atoms with Gasteiger partial charge >= 0.3 is 0 Å². The fourth-order valence-corrected chi connectivity index (χ4v) is 2.87. The lowest BCUT2D eigenvalue weighted by molar-refractivity contribution is -0.128. The molecule has 0 saturated carbocycles. The molecule has 0 aliphatic heterocycles. The van der Waals surface area contributed by atoms with Crippen molar-refractivity contribution in [2.45, 2.75) is 39.3 Å². The Morgan fingerprint density at radius 1 is 1.18 bits per heavy atom. The Bertz CT molecular complexity index is 925. The second-order valence-corrected chi connectivity index (χ2v) is 6.63.